The van der Waals surface area contributed by atoms with E-state index in [0.29, 0.717) is 32.1 Å². The third kappa shape index (κ3) is 41.5. The lowest BCUT2D eigenvalue weighted by atomic mass is 9.96. The first-order valence-electron chi connectivity index (χ1n) is 49.8. The maximum Gasteiger partial charge on any atom is 0.326 e. The van der Waals surface area contributed by atoms with Crippen molar-refractivity contribution in [1.82, 2.24) is 120 Å². The Balaban J connectivity index is 1.35. The summed E-state index contributed by atoms with van der Waals surface area (Å²) in [5.74, 6) is -16.5. The summed E-state index contributed by atoms with van der Waals surface area (Å²) in [7, 11) is 0. The Morgan fingerprint density at radius 2 is 0.545 bits per heavy atom. The maximum atomic E-state index is 15.3. The number of hydrogen-bond donors (Lipinski definition) is 36. The Morgan fingerprint density at radius 1 is 0.297 bits per heavy atom. The first-order chi connectivity index (χ1) is 68.7. The number of rotatable bonds is 62. The molecule has 57 nitrogen and oxygen atoms in total. The van der Waals surface area contributed by atoms with Crippen LogP contribution in [0.15, 0.2) is 0 Å². The van der Waals surface area contributed by atoms with Gasteiger partial charge in [-0.05, 0) is 192 Å². The highest BCUT2D eigenvalue weighted by Gasteiger charge is 2.48. The van der Waals surface area contributed by atoms with Gasteiger partial charge < -0.3 is 177 Å². The summed E-state index contributed by atoms with van der Waals surface area (Å²) in [6, 6.07) is -20.8. The summed E-state index contributed by atoms with van der Waals surface area (Å²) in [4.78, 5) is 239. The fraction of sp³-hybridized carbons (Fsp3) is 0.727. The lowest BCUT2D eigenvalue weighted by Gasteiger charge is -2.34. The molecule has 0 aromatic rings. The number of amides is 15. The Morgan fingerprint density at radius 3 is 0.876 bits per heavy atom. The summed E-state index contributed by atoms with van der Waals surface area (Å²) >= 11 is 0. The van der Waals surface area contributed by atoms with Crippen LogP contribution in [0.25, 0.3) is 0 Å². The van der Waals surface area contributed by atoms with Crippen LogP contribution in [0.4, 0.5) is 0 Å². The predicted molar refractivity (Wildman–Crippen MR) is 536 cm³/mol. The van der Waals surface area contributed by atoms with Gasteiger partial charge in [0.05, 0.1) is 6.04 Å². The van der Waals surface area contributed by atoms with Crippen LogP contribution in [0.3, 0.4) is 0 Å². The molecule has 5 fully saturated rings. The number of likely N-dealkylation sites (tertiary alicyclic amines) is 5. The number of carboxylic acid groups (broad SMARTS) is 1. The summed E-state index contributed by atoms with van der Waals surface area (Å²) in [6.45, 7) is 9.24. The highest BCUT2D eigenvalue weighted by molar-refractivity contribution is 6.02. The fourth-order valence-corrected chi connectivity index (χ4v) is 17.9. The third-order valence-corrected chi connectivity index (χ3v) is 25.6. The Hall–Kier alpha value is -14.4. The molecule has 0 aliphatic carbocycles. The van der Waals surface area contributed by atoms with Crippen molar-refractivity contribution < 1.29 is 81.8 Å². The first-order valence-corrected chi connectivity index (χ1v) is 49.8. The van der Waals surface area contributed by atoms with E-state index < -0.39 is 209 Å². The van der Waals surface area contributed by atoms with Gasteiger partial charge in [0.2, 0.25) is 88.6 Å². The fourth-order valence-electron chi connectivity index (χ4n) is 17.9. The van der Waals surface area contributed by atoms with Crippen LogP contribution in [-0.2, 0) is 76.7 Å². The number of hydrogen-bond acceptors (Lipinski definition) is 25. The molecule has 0 radical (unpaired) electrons. The number of carbonyl (C=O) groups is 16. The minimum absolute atomic E-state index is 0.00323. The van der Waals surface area contributed by atoms with Crippen LogP contribution in [0.5, 0.6) is 0 Å². The molecule has 57 heteroatoms. The molecule has 5 heterocycles. The molecule has 145 heavy (non-hydrogen) atoms. The number of nitrogens with two attached hydrogens (primary N) is 9. The minimum Gasteiger partial charge on any atom is -0.480 e. The van der Waals surface area contributed by atoms with Gasteiger partial charge in [-0.25, -0.2) is 4.79 Å². The molecular formula is C88H160N40O17. The second kappa shape index (κ2) is 62.3. The summed E-state index contributed by atoms with van der Waals surface area (Å²) < 4.78 is 0. The van der Waals surface area contributed by atoms with E-state index in [1.54, 1.807) is 27.7 Å². The van der Waals surface area contributed by atoms with Gasteiger partial charge in [0.1, 0.15) is 90.6 Å². The molecule has 0 bridgehead atoms. The van der Waals surface area contributed by atoms with Gasteiger partial charge in [0.25, 0.3) is 0 Å². The smallest absolute Gasteiger partial charge is 0.326 e. The van der Waals surface area contributed by atoms with E-state index in [2.05, 4.69) is 95.7 Å². The monoisotopic (exact) mass is 2050 g/mol. The van der Waals surface area contributed by atoms with E-state index >= 15 is 19.2 Å². The normalized spacial score (nSPS) is 18.8. The number of aliphatic carboxylic acids is 1. The van der Waals surface area contributed by atoms with Gasteiger partial charge in [-0.3, -0.25) is 115 Å². The van der Waals surface area contributed by atoms with Gasteiger partial charge in [-0.2, -0.15) is 0 Å². The molecular weight excluding hydrogens is 1890 g/mol. The summed E-state index contributed by atoms with van der Waals surface area (Å²) in [5.41, 5.74) is 50.5. The van der Waals surface area contributed by atoms with Crippen molar-refractivity contribution in [2.45, 2.75) is 311 Å². The van der Waals surface area contributed by atoms with Crippen LogP contribution in [0.2, 0.25) is 0 Å². The van der Waals surface area contributed by atoms with Crippen molar-refractivity contribution in [2.24, 2.45) is 63.4 Å². The van der Waals surface area contributed by atoms with Crippen molar-refractivity contribution >= 4 is 142 Å². The van der Waals surface area contributed by atoms with Crippen molar-refractivity contribution in [3.05, 3.63) is 0 Å². The van der Waals surface area contributed by atoms with Crippen molar-refractivity contribution in [1.29, 1.82) is 43.3 Å². The molecule has 5 saturated heterocycles. The maximum absolute atomic E-state index is 15.3. The van der Waals surface area contributed by atoms with Crippen LogP contribution in [-0.4, -0.2) is 354 Å². The molecule has 15 amide bonds. The molecule has 0 unspecified atom stereocenters. The molecule has 5 aliphatic rings. The van der Waals surface area contributed by atoms with Crippen molar-refractivity contribution in [3.63, 3.8) is 0 Å². The molecule has 814 valence electrons. The molecule has 5 rings (SSSR count). The number of carbonyl (C=O) groups excluding carboxylic acids is 15. The van der Waals surface area contributed by atoms with Crippen LogP contribution < -0.4 is 147 Å². The molecule has 45 N–H and O–H groups in total. The van der Waals surface area contributed by atoms with Crippen LogP contribution in [0, 0.1) is 55.1 Å². The minimum atomic E-state index is -1.44. The highest BCUT2D eigenvalue weighted by Crippen LogP contribution is 2.30. The topological polar surface area (TPSA) is 951 Å². The molecule has 0 spiro atoms. The van der Waals surface area contributed by atoms with Gasteiger partial charge in [-0.1, -0.05) is 34.1 Å². The van der Waals surface area contributed by atoms with E-state index in [9.17, 15) is 62.6 Å². The highest BCUT2D eigenvalue weighted by atomic mass is 16.4. The van der Waals surface area contributed by atoms with E-state index in [-0.39, 0.29) is 274 Å². The van der Waals surface area contributed by atoms with Gasteiger partial charge in [0, 0.05) is 85.1 Å². The number of guanidine groups is 8. The molecule has 0 aromatic heterocycles. The lowest BCUT2D eigenvalue weighted by molar-refractivity contribution is -0.148. The van der Waals surface area contributed by atoms with Gasteiger partial charge in [-0.15, -0.1) is 0 Å². The van der Waals surface area contributed by atoms with E-state index in [0.717, 1.165) is 0 Å². The predicted octanol–water partition coefficient (Wildman–Crippen LogP) is -9.58. The van der Waals surface area contributed by atoms with Gasteiger partial charge >= 0.3 is 5.97 Å². The van der Waals surface area contributed by atoms with E-state index in [1.165, 1.54) is 31.4 Å². The zero-order valence-electron chi connectivity index (χ0n) is 83.8. The average molecular weight is 2050 g/mol. The van der Waals surface area contributed by atoms with Gasteiger partial charge in [0.15, 0.2) is 47.7 Å². The van der Waals surface area contributed by atoms with Crippen LogP contribution in [0.1, 0.15) is 214 Å². The standard InChI is InChI=1S/C88H160N40O17/c1-6-48(4)64(123-68(132)52(22-9-35-108-83(94)95)115-66(130)50(89)20-7-33-106-81(90)91)74(138)120-56(26-13-39-112-87(102)103)77(141)125-42-16-29-60(125)72(136)119-55(25-12-38-111-86(100)101)78(142)128-45-19-32-63(128)79(143)127-44-18-31-62(127)70(134)116-51(21-8-34-107-82(92)93)67(131)122-58(46-47(2)3)69(133)114-49(5)65(129)117-53(23-10-36-109-84(96)97)75(139)124-41-15-28-59(124)71(135)118-54(24-11-37-110-85(98)99)76(140)126-43-17-30-61(126)73(137)121-57(80(144)145)27-14-40-113-88(104)105/h47-64H,6-46,89H2,1-5H3,(H,114,133)(H,115,130)(H,116,134)(H,117,129)(H,118,135)(H,119,136)(H,120,138)(H,121,137)(H,122,131)(H,123,132)(H,144,145)(H4,90,91,106)(H4,92,93,107)(H4,94,95,108)(H4,96,97,109)(H4,98,99,110)(H4,100,101,111)(H4,102,103,112)(H4,104,105,113)/t48-,49-,50-,51-,52-,53-,54-,55-,56-,57-,58-,59-,60-,61-,62-,63-,64-/m0/s1. The lowest BCUT2D eigenvalue weighted by Crippen LogP contribution is -2.61. The quantitative estimate of drug-likeness (QED) is 0.0153. The number of nitrogens with zero attached hydrogens (tertiary/aromatic N) is 5. The van der Waals surface area contributed by atoms with E-state index in [4.69, 9.17) is 94.9 Å². The second-order valence-electron chi connectivity index (χ2n) is 37.5. The zero-order valence-corrected chi connectivity index (χ0v) is 83.8. The molecule has 0 aromatic carbocycles. The van der Waals surface area contributed by atoms with E-state index in [1.807, 2.05) is 0 Å². The largest absolute Gasteiger partial charge is 0.480 e. The molecule has 17 atom stereocenters. The van der Waals surface area contributed by atoms with Crippen LogP contribution >= 0.6 is 0 Å². The SMILES string of the molecule is CC[C@H](C)[C@H](NC(=O)[C@H](CCCNC(=N)N)NC(=O)[C@@H](N)CCCNC(=N)N)C(=O)N[C@@H](CCCNC(=N)N)C(=O)N1CCC[C@H]1C(=O)N[C@@H](CCCNC(=N)N)C(=O)N1CCC[C@H]1C(=O)N1CCC[C@H]1C(=O)N[C@@H](CCCNC(=N)N)C(=O)N[C@@H](CC(C)C)C(=O)N[C@@H](C)C(=O)N[C@@H](CCCNC(=N)N)C(=O)N1CCC[C@H]1C(=O)N[C@@H](CCCNC(=N)N)C(=O)N1CCC[C@H]1C(=O)N[C@@H](CCCNC(=N)N)C(=O)O. The second-order valence-corrected chi connectivity index (χ2v) is 37.5. The summed E-state index contributed by atoms with van der Waals surface area (Å²) in [5, 5.41) is 120. The first kappa shape index (κ1) is 121. The number of nitrogens with one attached hydrogen (secondary N) is 26. The third-order valence-electron chi connectivity index (χ3n) is 25.6. The zero-order chi connectivity index (χ0) is 108. The van der Waals surface area contributed by atoms with Crippen molar-refractivity contribution in [2.75, 3.05) is 85.1 Å². The Bertz CT molecular complexity index is 4490. The molecule has 0 saturated carbocycles. The average Bonchev–Trinajstić information content (AvgIpc) is 1.66. The Labute approximate surface area is 843 Å². The molecule has 5 aliphatic heterocycles. The Kier molecular flexibility index (Phi) is 52.0. The summed E-state index contributed by atoms with van der Waals surface area (Å²) in [6.07, 6.45) is 3.35. The number of carboxylic acids is 1. The van der Waals surface area contributed by atoms with Crippen molar-refractivity contribution in [3.8, 4) is 0 Å².